The van der Waals surface area contributed by atoms with E-state index in [-0.39, 0.29) is 0 Å². The summed E-state index contributed by atoms with van der Waals surface area (Å²) in [4.78, 5) is 19.1. The molecule has 0 atom stereocenters. The zero-order chi connectivity index (χ0) is 18.4. The van der Waals surface area contributed by atoms with E-state index in [0.717, 1.165) is 5.56 Å². The molecule has 1 N–H and O–H groups in total. The van der Waals surface area contributed by atoms with Crippen LogP contribution in [0.25, 0.3) is 0 Å². The molecule has 6 nitrogen and oxygen atoms in total. The van der Waals surface area contributed by atoms with Crippen molar-refractivity contribution in [2.24, 2.45) is 5.16 Å². The van der Waals surface area contributed by atoms with Crippen molar-refractivity contribution >= 4 is 40.8 Å². The number of nitrogens with zero attached hydrogens (tertiary/aromatic N) is 2. The Balaban J connectivity index is 1.73. The summed E-state index contributed by atoms with van der Waals surface area (Å²) in [7, 11) is 0. The van der Waals surface area contributed by atoms with Crippen LogP contribution in [0.5, 0.6) is 0 Å². The summed E-state index contributed by atoms with van der Waals surface area (Å²) >= 11 is 11.8. The van der Waals surface area contributed by atoms with Gasteiger partial charge in [-0.3, -0.25) is 10.2 Å². The number of amidine groups is 1. The highest BCUT2D eigenvalue weighted by molar-refractivity contribution is 6.31. The zero-order valence-electron chi connectivity index (χ0n) is 13.8. The summed E-state index contributed by atoms with van der Waals surface area (Å²) in [5.41, 5.74) is 1.37. The number of morpholine rings is 1. The number of rotatable bonds is 3. The van der Waals surface area contributed by atoms with Gasteiger partial charge in [-0.05, 0) is 48.5 Å². The van der Waals surface area contributed by atoms with E-state index >= 15 is 0 Å². The van der Waals surface area contributed by atoms with Crippen LogP contribution >= 0.6 is 23.2 Å². The molecule has 1 saturated heterocycles. The predicted molar refractivity (Wildman–Crippen MR) is 102 cm³/mol. The molecule has 2 aromatic carbocycles. The Bertz CT molecular complexity index is 773. The lowest BCUT2D eigenvalue weighted by molar-refractivity contribution is 0.0664. The van der Waals surface area contributed by atoms with Gasteiger partial charge in [-0.1, -0.05) is 28.4 Å². The number of anilines is 1. The van der Waals surface area contributed by atoms with Crippen LogP contribution in [0.3, 0.4) is 0 Å². The van der Waals surface area contributed by atoms with Crippen molar-refractivity contribution < 1.29 is 14.4 Å². The lowest BCUT2D eigenvalue weighted by Gasteiger charge is -2.29. The first-order chi connectivity index (χ1) is 12.6. The first-order valence-corrected chi connectivity index (χ1v) is 8.77. The number of carbonyl (C=O) groups is 1. The fraction of sp³-hybridized carbons (Fsp3) is 0.222. The summed E-state index contributed by atoms with van der Waals surface area (Å²) in [6, 6.07) is 13.9. The molecule has 0 bridgehead atoms. The molecule has 2 aromatic rings. The van der Waals surface area contributed by atoms with Crippen LogP contribution < -0.4 is 5.32 Å². The van der Waals surface area contributed by atoms with Crippen LogP contribution in [0.2, 0.25) is 10.0 Å². The van der Waals surface area contributed by atoms with E-state index in [4.69, 9.17) is 32.8 Å². The Morgan fingerprint density at radius 3 is 2.19 bits per heavy atom. The lowest BCUT2D eigenvalue weighted by atomic mass is 10.2. The third-order valence-electron chi connectivity index (χ3n) is 3.72. The van der Waals surface area contributed by atoms with Crippen molar-refractivity contribution in [3.63, 3.8) is 0 Å². The standard InChI is InChI=1S/C18H17Cl2N3O3/c19-14-3-1-13(2-4-14)17(23-9-11-25-12-10-23)22-26-18(24)21-16-7-5-15(20)6-8-16/h1-8H,9-12H2,(H,21,24)/b22-17-. The second-order valence-electron chi connectivity index (χ2n) is 5.53. The van der Waals surface area contributed by atoms with Crippen molar-refractivity contribution in [1.82, 2.24) is 4.90 Å². The molecule has 136 valence electrons. The van der Waals surface area contributed by atoms with Crippen LogP contribution in [-0.2, 0) is 9.57 Å². The Labute approximate surface area is 161 Å². The monoisotopic (exact) mass is 393 g/mol. The molecule has 0 radical (unpaired) electrons. The minimum Gasteiger partial charge on any atom is -0.378 e. The fourth-order valence-electron chi connectivity index (χ4n) is 2.43. The predicted octanol–water partition coefficient (Wildman–Crippen LogP) is 4.24. The molecule has 26 heavy (non-hydrogen) atoms. The molecule has 3 rings (SSSR count). The Kier molecular flexibility index (Phi) is 6.33. The Morgan fingerprint density at radius 1 is 1.00 bits per heavy atom. The van der Waals surface area contributed by atoms with Crippen molar-refractivity contribution in [2.75, 3.05) is 31.6 Å². The van der Waals surface area contributed by atoms with Crippen molar-refractivity contribution in [3.8, 4) is 0 Å². The smallest absolute Gasteiger partial charge is 0.378 e. The van der Waals surface area contributed by atoms with Gasteiger partial charge >= 0.3 is 6.09 Å². The second kappa shape index (κ2) is 8.89. The van der Waals surface area contributed by atoms with Crippen LogP contribution in [0.1, 0.15) is 5.56 Å². The van der Waals surface area contributed by atoms with Gasteiger partial charge in [-0.2, -0.15) is 0 Å². The van der Waals surface area contributed by atoms with E-state index in [0.29, 0.717) is 47.9 Å². The number of carbonyl (C=O) groups excluding carboxylic acids is 1. The number of ether oxygens (including phenoxy) is 1. The van der Waals surface area contributed by atoms with Crippen LogP contribution in [0.15, 0.2) is 53.7 Å². The van der Waals surface area contributed by atoms with Gasteiger partial charge in [0, 0.05) is 34.4 Å². The van der Waals surface area contributed by atoms with Gasteiger partial charge in [-0.15, -0.1) is 0 Å². The molecule has 1 amide bonds. The third kappa shape index (κ3) is 5.11. The normalized spacial score (nSPS) is 14.8. The maximum absolute atomic E-state index is 12.0. The van der Waals surface area contributed by atoms with E-state index in [1.807, 2.05) is 17.0 Å². The van der Waals surface area contributed by atoms with Crippen LogP contribution in [0.4, 0.5) is 10.5 Å². The van der Waals surface area contributed by atoms with Gasteiger partial charge in [0.05, 0.1) is 13.2 Å². The van der Waals surface area contributed by atoms with E-state index in [2.05, 4.69) is 10.5 Å². The maximum atomic E-state index is 12.0. The van der Waals surface area contributed by atoms with Gasteiger partial charge < -0.3 is 9.64 Å². The van der Waals surface area contributed by atoms with Gasteiger partial charge in [0.15, 0.2) is 5.84 Å². The zero-order valence-corrected chi connectivity index (χ0v) is 15.3. The molecule has 0 spiro atoms. The third-order valence-corrected chi connectivity index (χ3v) is 4.22. The number of amides is 1. The summed E-state index contributed by atoms with van der Waals surface area (Å²) in [6.45, 7) is 2.49. The van der Waals surface area contributed by atoms with E-state index < -0.39 is 6.09 Å². The second-order valence-corrected chi connectivity index (χ2v) is 6.40. The number of hydrogen-bond acceptors (Lipinski definition) is 4. The topological polar surface area (TPSA) is 63.2 Å². The molecule has 1 aliphatic heterocycles. The average Bonchev–Trinajstić information content (AvgIpc) is 2.66. The molecule has 0 saturated carbocycles. The Morgan fingerprint density at radius 2 is 1.58 bits per heavy atom. The van der Waals surface area contributed by atoms with Gasteiger partial charge in [0.2, 0.25) is 0 Å². The quantitative estimate of drug-likeness (QED) is 0.366. The minimum atomic E-state index is -0.688. The first-order valence-electron chi connectivity index (χ1n) is 8.02. The minimum absolute atomic E-state index is 0.552. The molecule has 1 aliphatic rings. The number of halogens is 2. The number of benzene rings is 2. The van der Waals surface area contributed by atoms with E-state index in [1.165, 1.54) is 0 Å². The van der Waals surface area contributed by atoms with Gasteiger partial charge in [0.1, 0.15) is 0 Å². The average molecular weight is 394 g/mol. The first kappa shape index (κ1) is 18.5. The molecule has 0 aromatic heterocycles. The van der Waals surface area contributed by atoms with Crippen LogP contribution in [0, 0.1) is 0 Å². The van der Waals surface area contributed by atoms with Gasteiger partial charge in [-0.25, -0.2) is 4.79 Å². The summed E-state index contributed by atoms with van der Waals surface area (Å²) < 4.78 is 5.37. The summed E-state index contributed by atoms with van der Waals surface area (Å²) in [5, 5.41) is 7.87. The van der Waals surface area contributed by atoms with Crippen LogP contribution in [-0.4, -0.2) is 43.1 Å². The van der Waals surface area contributed by atoms with E-state index in [1.54, 1.807) is 36.4 Å². The molecule has 0 unspecified atom stereocenters. The number of hydrogen-bond donors (Lipinski definition) is 1. The molecule has 1 fully saturated rings. The highest BCUT2D eigenvalue weighted by Gasteiger charge is 2.18. The molecular formula is C18H17Cl2N3O3. The SMILES string of the molecule is O=C(Nc1ccc(Cl)cc1)O/N=C(/c1ccc(Cl)cc1)N1CCOCC1. The highest BCUT2D eigenvalue weighted by Crippen LogP contribution is 2.15. The summed E-state index contributed by atoms with van der Waals surface area (Å²) in [6.07, 6.45) is -0.688. The molecule has 1 heterocycles. The Hall–Kier alpha value is -2.28. The molecule has 8 heteroatoms. The van der Waals surface area contributed by atoms with Crippen molar-refractivity contribution in [3.05, 3.63) is 64.1 Å². The number of oxime groups is 1. The van der Waals surface area contributed by atoms with Crippen molar-refractivity contribution in [2.45, 2.75) is 0 Å². The fourth-order valence-corrected chi connectivity index (χ4v) is 2.68. The van der Waals surface area contributed by atoms with Gasteiger partial charge in [0.25, 0.3) is 0 Å². The number of nitrogens with one attached hydrogen (secondary N) is 1. The maximum Gasteiger partial charge on any atom is 0.437 e. The van der Waals surface area contributed by atoms with Crippen molar-refractivity contribution in [1.29, 1.82) is 0 Å². The molecular weight excluding hydrogens is 377 g/mol. The highest BCUT2D eigenvalue weighted by atomic mass is 35.5. The van der Waals surface area contributed by atoms with E-state index in [9.17, 15) is 4.79 Å². The molecule has 0 aliphatic carbocycles. The summed E-state index contributed by atoms with van der Waals surface area (Å²) in [5.74, 6) is 0.552. The lowest BCUT2D eigenvalue weighted by Crippen LogP contribution is -2.41. The largest absolute Gasteiger partial charge is 0.437 e.